The highest BCUT2D eigenvalue weighted by Gasteiger charge is 2.08. The zero-order valence-electron chi connectivity index (χ0n) is 10.7. The molecule has 0 spiro atoms. The average Bonchev–Trinajstić information content (AvgIpc) is 2.38. The molecule has 3 aromatic rings. The van der Waals surface area contributed by atoms with Gasteiger partial charge in [-0.05, 0) is 18.6 Å². The topological polar surface area (TPSA) is 3.88 Å². The molecule has 88 valence electrons. The molecule has 3 rings (SSSR count). The number of fused-ring (bicyclic) bond motifs is 1. The Morgan fingerprint density at radius 2 is 1.56 bits per heavy atom. The van der Waals surface area contributed by atoms with Crippen LogP contribution in [0.15, 0.2) is 60.9 Å². The molecule has 0 saturated heterocycles. The molecule has 2 aromatic carbocycles. The second-order valence-corrected chi connectivity index (χ2v) is 4.79. The fourth-order valence-electron chi connectivity index (χ4n) is 2.35. The van der Waals surface area contributed by atoms with Gasteiger partial charge in [-0.3, -0.25) is 0 Å². The smallest absolute Gasteiger partial charge is 0.177 e. The summed E-state index contributed by atoms with van der Waals surface area (Å²) in [5.41, 5.74) is 3.85. The molecule has 0 aliphatic carbocycles. The molecule has 1 heteroatoms. The normalized spacial score (nSPS) is 10.8. The monoisotopic (exact) mass is 234 g/mol. The first-order chi connectivity index (χ1) is 8.74. The summed E-state index contributed by atoms with van der Waals surface area (Å²) in [5, 5.41) is 2.58. The van der Waals surface area contributed by atoms with Gasteiger partial charge >= 0.3 is 0 Å². The van der Waals surface area contributed by atoms with Gasteiger partial charge in [0.05, 0.1) is 5.56 Å². The number of benzene rings is 2. The molecule has 0 atom stereocenters. The highest BCUT2D eigenvalue weighted by Crippen LogP contribution is 2.26. The maximum atomic E-state index is 2.19. The third kappa shape index (κ3) is 1.88. The Morgan fingerprint density at radius 3 is 2.33 bits per heavy atom. The molecule has 0 fully saturated rings. The zero-order valence-corrected chi connectivity index (χ0v) is 10.7. The van der Waals surface area contributed by atoms with Gasteiger partial charge in [-0.25, -0.2) is 4.57 Å². The van der Waals surface area contributed by atoms with Gasteiger partial charge in [0, 0.05) is 10.8 Å². The van der Waals surface area contributed by atoms with Crippen LogP contribution in [0.4, 0.5) is 0 Å². The summed E-state index contributed by atoms with van der Waals surface area (Å²) in [6.45, 7) is 2.12. The lowest BCUT2D eigenvalue weighted by Gasteiger charge is -2.05. The maximum absolute atomic E-state index is 2.19. The predicted molar refractivity (Wildman–Crippen MR) is 75.3 cm³/mol. The van der Waals surface area contributed by atoms with E-state index in [0.29, 0.717) is 0 Å². The quantitative estimate of drug-likeness (QED) is 0.566. The van der Waals surface area contributed by atoms with Gasteiger partial charge in [0.15, 0.2) is 12.4 Å². The van der Waals surface area contributed by atoms with E-state index in [1.165, 1.54) is 27.5 Å². The van der Waals surface area contributed by atoms with Crippen LogP contribution in [0, 0.1) is 6.92 Å². The van der Waals surface area contributed by atoms with Crippen LogP contribution in [-0.4, -0.2) is 0 Å². The maximum Gasteiger partial charge on any atom is 0.177 e. The van der Waals surface area contributed by atoms with E-state index in [2.05, 4.69) is 79.5 Å². The van der Waals surface area contributed by atoms with Crippen molar-refractivity contribution in [2.75, 3.05) is 0 Å². The van der Waals surface area contributed by atoms with Crippen LogP contribution in [0.5, 0.6) is 0 Å². The number of hydrogen-bond acceptors (Lipinski definition) is 0. The van der Waals surface area contributed by atoms with Gasteiger partial charge in [0.1, 0.15) is 7.05 Å². The minimum atomic E-state index is 1.27. The van der Waals surface area contributed by atoms with Gasteiger partial charge in [-0.15, -0.1) is 0 Å². The van der Waals surface area contributed by atoms with Crippen molar-refractivity contribution in [3.8, 4) is 11.1 Å². The van der Waals surface area contributed by atoms with Crippen molar-refractivity contribution in [2.45, 2.75) is 6.92 Å². The van der Waals surface area contributed by atoms with E-state index in [1.54, 1.807) is 0 Å². The summed E-state index contributed by atoms with van der Waals surface area (Å²) in [7, 11) is 2.07. The fourth-order valence-corrected chi connectivity index (χ4v) is 2.35. The van der Waals surface area contributed by atoms with Crippen molar-refractivity contribution >= 4 is 10.8 Å². The third-order valence-corrected chi connectivity index (χ3v) is 3.29. The summed E-state index contributed by atoms with van der Waals surface area (Å²) in [6.07, 6.45) is 4.35. The van der Waals surface area contributed by atoms with Crippen LogP contribution in [0.2, 0.25) is 0 Å². The van der Waals surface area contributed by atoms with Crippen molar-refractivity contribution in [2.24, 2.45) is 7.05 Å². The lowest BCUT2D eigenvalue weighted by molar-refractivity contribution is -0.669. The van der Waals surface area contributed by atoms with Crippen LogP contribution >= 0.6 is 0 Å². The second kappa shape index (κ2) is 4.26. The first-order valence-corrected chi connectivity index (χ1v) is 6.19. The molecular formula is C17H16N+. The van der Waals surface area contributed by atoms with Crippen LogP contribution in [-0.2, 0) is 7.05 Å². The molecule has 0 aliphatic rings. The molecule has 0 N–H and O–H groups in total. The van der Waals surface area contributed by atoms with E-state index in [9.17, 15) is 0 Å². The van der Waals surface area contributed by atoms with Crippen molar-refractivity contribution in [3.63, 3.8) is 0 Å². The molecular weight excluding hydrogens is 218 g/mol. The minimum Gasteiger partial charge on any atom is -0.207 e. The van der Waals surface area contributed by atoms with Gasteiger partial charge in [0.2, 0.25) is 0 Å². The van der Waals surface area contributed by atoms with Crippen molar-refractivity contribution in [1.82, 2.24) is 0 Å². The Bertz CT molecular complexity index is 696. The van der Waals surface area contributed by atoms with Crippen LogP contribution in [0.3, 0.4) is 0 Å². The van der Waals surface area contributed by atoms with E-state index in [-0.39, 0.29) is 0 Å². The molecule has 0 unspecified atom stereocenters. The standard InChI is InChI=1S/C17H16N/c1-13-7-9-14(10-8-13)17-12-18(2)11-15-5-3-4-6-16(15)17/h3-12H,1-2H3/q+1. The van der Waals surface area contributed by atoms with E-state index in [4.69, 9.17) is 0 Å². The Kier molecular flexibility index (Phi) is 2.60. The largest absolute Gasteiger partial charge is 0.207 e. The number of rotatable bonds is 1. The molecule has 0 aliphatic heterocycles. The number of aromatic nitrogens is 1. The van der Waals surface area contributed by atoms with Gasteiger partial charge < -0.3 is 0 Å². The molecule has 18 heavy (non-hydrogen) atoms. The minimum absolute atomic E-state index is 1.27. The highest BCUT2D eigenvalue weighted by atomic mass is 14.9. The number of nitrogens with zero attached hydrogens (tertiary/aromatic N) is 1. The predicted octanol–water partition coefficient (Wildman–Crippen LogP) is 3.64. The summed E-state index contributed by atoms with van der Waals surface area (Å²) in [6, 6.07) is 17.2. The molecule has 0 amide bonds. The second-order valence-electron chi connectivity index (χ2n) is 4.79. The molecule has 0 saturated carbocycles. The third-order valence-electron chi connectivity index (χ3n) is 3.29. The first kappa shape index (κ1) is 11.0. The lowest BCUT2D eigenvalue weighted by atomic mass is 10.00. The van der Waals surface area contributed by atoms with E-state index in [0.717, 1.165) is 0 Å². The Hall–Kier alpha value is -2.15. The number of aryl methyl sites for hydroxylation is 2. The van der Waals surface area contributed by atoms with E-state index < -0.39 is 0 Å². The van der Waals surface area contributed by atoms with Crippen molar-refractivity contribution < 1.29 is 4.57 Å². The highest BCUT2D eigenvalue weighted by molar-refractivity contribution is 5.94. The molecule has 0 radical (unpaired) electrons. The molecule has 1 nitrogen and oxygen atoms in total. The van der Waals surface area contributed by atoms with Crippen LogP contribution < -0.4 is 4.57 Å². The number of hydrogen-bond donors (Lipinski definition) is 0. The Labute approximate surface area is 107 Å². The SMILES string of the molecule is Cc1ccc(-c2c[n+](C)cc3ccccc23)cc1. The summed E-state index contributed by atoms with van der Waals surface area (Å²) in [5.74, 6) is 0. The lowest BCUT2D eigenvalue weighted by Crippen LogP contribution is -2.26. The van der Waals surface area contributed by atoms with Crippen LogP contribution in [0.1, 0.15) is 5.56 Å². The van der Waals surface area contributed by atoms with Crippen molar-refractivity contribution in [1.29, 1.82) is 0 Å². The molecule has 1 aromatic heterocycles. The first-order valence-electron chi connectivity index (χ1n) is 6.19. The average molecular weight is 234 g/mol. The zero-order chi connectivity index (χ0) is 12.5. The summed E-state index contributed by atoms with van der Waals surface area (Å²) in [4.78, 5) is 0. The fraction of sp³-hybridized carbons (Fsp3) is 0.118. The van der Waals surface area contributed by atoms with Gasteiger partial charge in [-0.2, -0.15) is 0 Å². The van der Waals surface area contributed by atoms with Crippen molar-refractivity contribution in [3.05, 3.63) is 66.5 Å². The molecule has 1 heterocycles. The summed E-state index contributed by atoms with van der Waals surface area (Å²) < 4.78 is 2.12. The van der Waals surface area contributed by atoms with Crippen LogP contribution in [0.25, 0.3) is 21.9 Å². The van der Waals surface area contributed by atoms with Gasteiger partial charge in [0.25, 0.3) is 0 Å². The summed E-state index contributed by atoms with van der Waals surface area (Å²) >= 11 is 0. The molecule has 0 bridgehead atoms. The van der Waals surface area contributed by atoms with E-state index >= 15 is 0 Å². The number of pyridine rings is 1. The Balaban J connectivity index is 2.31. The van der Waals surface area contributed by atoms with Gasteiger partial charge in [-0.1, -0.05) is 48.0 Å². The van der Waals surface area contributed by atoms with E-state index in [1.807, 2.05) is 0 Å². The Morgan fingerprint density at radius 1 is 0.833 bits per heavy atom.